The summed E-state index contributed by atoms with van der Waals surface area (Å²) < 4.78 is 0. The van der Waals surface area contributed by atoms with Gasteiger partial charge in [-0.15, -0.1) is 0 Å². The van der Waals surface area contributed by atoms with Gasteiger partial charge in [0.1, 0.15) is 0 Å². The highest BCUT2D eigenvalue weighted by Crippen LogP contribution is 2.38. The van der Waals surface area contributed by atoms with E-state index in [-0.39, 0.29) is 0 Å². The molecule has 1 aliphatic carbocycles. The van der Waals surface area contributed by atoms with Crippen molar-refractivity contribution in [3.63, 3.8) is 0 Å². The first-order chi connectivity index (χ1) is 9.59. The van der Waals surface area contributed by atoms with Gasteiger partial charge in [-0.1, -0.05) is 32.6 Å². The largest absolute Gasteiger partial charge is 0.315 e. The number of nitrogens with one attached hydrogen (secondary N) is 1. The van der Waals surface area contributed by atoms with E-state index >= 15 is 0 Å². The summed E-state index contributed by atoms with van der Waals surface area (Å²) in [7, 11) is 2.19. The van der Waals surface area contributed by atoms with Crippen LogP contribution in [0.1, 0.15) is 72.1 Å². The fourth-order valence-corrected chi connectivity index (χ4v) is 4.84. The zero-order valence-corrected chi connectivity index (χ0v) is 14.3. The molecule has 1 saturated carbocycles. The van der Waals surface area contributed by atoms with Crippen molar-refractivity contribution in [2.24, 2.45) is 11.8 Å². The van der Waals surface area contributed by atoms with Crippen molar-refractivity contribution in [3.8, 4) is 0 Å². The summed E-state index contributed by atoms with van der Waals surface area (Å²) in [5.74, 6) is 1.84. The number of hydrogen-bond donors (Lipinski definition) is 1. The molecule has 3 atom stereocenters. The van der Waals surface area contributed by atoms with Gasteiger partial charge in [0.25, 0.3) is 0 Å². The monoisotopic (exact) mass is 280 g/mol. The predicted octanol–water partition coefficient (Wildman–Crippen LogP) is 4.06. The van der Waals surface area contributed by atoms with Crippen LogP contribution < -0.4 is 5.32 Å². The third-order valence-electron chi connectivity index (χ3n) is 6.12. The van der Waals surface area contributed by atoms with E-state index in [0.717, 1.165) is 11.8 Å². The molecule has 0 radical (unpaired) electrons. The van der Waals surface area contributed by atoms with Gasteiger partial charge in [0.15, 0.2) is 0 Å². The van der Waals surface area contributed by atoms with Crippen LogP contribution in [0.2, 0.25) is 0 Å². The normalized spacial score (nSPS) is 31.2. The van der Waals surface area contributed by atoms with Crippen molar-refractivity contribution in [1.29, 1.82) is 0 Å². The molecule has 1 heterocycles. The first-order valence-electron chi connectivity index (χ1n) is 9.02. The highest BCUT2D eigenvalue weighted by Gasteiger charge is 2.40. The number of nitrogens with zero attached hydrogens (tertiary/aromatic N) is 1. The molecule has 118 valence electrons. The number of likely N-dealkylation sites (tertiary alicyclic amines) is 1. The fraction of sp³-hybridized carbons (Fsp3) is 1.00. The lowest BCUT2D eigenvalue weighted by atomic mass is 9.71. The van der Waals surface area contributed by atoms with Gasteiger partial charge in [-0.3, -0.25) is 4.90 Å². The molecule has 1 N–H and O–H groups in total. The summed E-state index contributed by atoms with van der Waals surface area (Å²) in [5, 5.41) is 3.71. The van der Waals surface area contributed by atoms with Crippen LogP contribution in [0.3, 0.4) is 0 Å². The summed E-state index contributed by atoms with van der Waals surface area (Å²) in [5.41, 5.74) is 0.301. The Morgan fingerprint density at radius 2 is 1.80 bits per heavy atom. The topological polar surface area (TPSA) is 15.3 Å². The Kier molecular flexibility index (Phi) is 5.92. The summed E-state index contributed by atoms with van der Waals surface area (Å²) in [4.78, 5) is 2.76. The maximum absolute atomic E-state index is 3.71. The zero-order chi connectivity index (χ0) is 14.6. The molecule has 0 aromatic rings. The van der Waals surface area contributed by atoms with Crippen LogP contribution in [0.15, 0.2) is 0 Å². The highest BCUT2D eigenvalue weighted by atomic mass is 15.2. The smallest absolute Gasteiger partial charge is 0.0308 e. The second-order valence-corrected chi connectivity index (χ2v) is 7.67. The lowest BCUT2D eigenvalue weighted by Gasteiger charge is -2.50. The molecular formula is C18H36N2. The van der Waals surface area contributed by atoms with Gasteiger partial charge >= 0.3 is 0 Å². The minimum Gasteiger partial charge on any atom is -0.315 e. The van der Waals surface area contributed by atoms with Crippen LogP contribution in [-0.2, 0) is 0 Å². The van der Waals surface area contributed by atoms with E-state index in [1.54, 1.807) is 0 Å². The molecule has 2 nitrogen and oxygen atoms in total. The molecule has 20 heavy (non-hydrogen) atoms. The molecule has 2 fully saturated rings. The standard InChI is InChI=1S/C18H36N2/c1-5-15-10-9-11-16(14-15)17(19-4)18(2,3)20-12-7-6-8-13-20/h15-17,19H,5-14H2,1-4H3. The van der Waals surface area contributed by atoms with Crippen LogP contribution in [0, 0.1) is 11.8 Å². The Hall–Kier alpha value is -0.0800. The molecule has 0 spiro atoms. The Labute approximate surface area is 126 Å². The van der Waals surface area contributed by atoms with E-state index in [2.05, 4.69) is 38.0 Å². The Morgan fingerprint density at radius 3 is 2.40 bits per heavy atom. The van der Waals surface area contributed by atoms with Crippen LogP contribution in [0.25, 0.3) is 0 Å². The van der Waals surface area contributed by atoms with Crippen molar-refractivity contribution in [2.75, 3.05) is 20.1 Å². The van der Waals surface area contributed by atoms with Gasteiger partial charge in [-0.2, -0.15) is 0 Å². The molecule has 2 heteroatoms. The number of hydrogen-bond acceptors (Lipinski definition) is 2. The van der Waals surface area contributed by atoms with Crippen molar-refractivity contribution in [2.45, 2.75) is 83.7 Å². The van der Waals surface area contributed by atoms with Gasteiger partial charge in [-0.05, 0) is 71.5 Å². The maximum atomic E-state index is 3.71. The molecule has 0 aromatic heterocycles. The molecule has 0 aromatic carbocycles. The van der Waals surface area contributed by atoms with E-state index in [1.807, 2.05) is 0 Å². The Morgan fingerprint density at radius 1 is 1.10 bits per heavy atom. The number of piperidine rings is 1. The zero-order valence-electron chi connectivity index (χ0n) is 14.3. The lowest BCUT2D eigenvalue weighted by molar-refractivity contribution is 0.0294. The summed E-state index contributed by atoms with van der Waals surface area (Å²) >= 11 is 0. The first kappa shape index (κ1) is 16.3. The minimum atomic E-state index is 0.301. The highest BCUT2D eigenvalue weighted by molar-refractivity contribution is 4.98. The molecule has 1 aliphatic heterocycles. The molecule has 0 bridgehead atoms. The lowest BCUT2D eigenvalue weighted by Crippen LogP contribution is -2.61. The van der Waals surface area contributed by atoms with E-state index in [4.69, 9.17) is 0 Å². The molecule has 2 aliphatic rings. The van der Waals surface area contributed by atoms with Crippen LogP contribution in [0.4, 0.5) is 0 Å². The van der Waals surface area contributed by atoms with Crippen LogP contribution in [0.5, 0.6) is 0 Å². The van der Waals surface area contributed by atoms with E-state index < -0.39 is 0 Å². The van der Waals surface area contributed by atoms with Gasteiger partial charge in [0, 0.05) is 11.6 Å². The quantitative estimate of drug-likeness (QED) is 0.817. The van der Waals surface area contributed by atoms with E-state index in [0.29, 0.717) is 11.6 Å². The molecule has 2 rings (SSSR count). The number of likely N-dealkylation sites (N-methyl/N-ethyl adjacent to an activating group) is 1. The third kappa shape index (κ3) is 3.57. The number of rotatable bonds is 5. The molecule has 3 unspecified atom stereocenters. The van der Waals surface area contributed by atoms with Crippen LogP contribution in [-0.4, -0.2) is 36.6 Å². The SMILES string of the molecule is CCC1CCCC(C(NC)C(C)(C)N2CCCCC2)C1. The average molecular weight is 280 g/mol. The van der Waals surface area contributed by atoms with E-state index in [1.165, 1.54) is 64.5 Å². The van der Waals surface area contributed by atoms with E-state index in [9.17, 15) is 0 Å². The van der Waals surface area contributed by atoms with Gasteiger partial charge in [0.05, 0.1) is 0 Å². The average Bonchev–Trinajstić information content (AvgIpc) is 2.49. The minimum absolute atomic E-state index is 0.301. The van der Waals surface area contributed by atoms with Crippen molar-refractivity contribution < 1.29 is 0 Å². The molecule has 0 amide bonds. The van der Waals surface area contributed by atoms with Gasteiger partial charge in [-0.25, -0.2) is 0 Å². The second kappa shape index (κ2) is 7.26. The Balaban J connectivity index is 2.04. The summed E-state index contributed by atoms with van der Waals surface area (Å²) in [6.07, 6.45) is 11.4. The second-order valence-electron chi connectivity index (χ2n) is 7.67. The van der Waals surface area contributed by atoms with Gasteiger partial charge < -0.3 is 5.32 Å². The molecule has 1 saturated heterocycles. The van der Waals surface area contributed by atoms with Crippen molar-refractivity contribution in [1.82, 2.24) is 10.2 Å². The van der Waals surface area contributed by atoms with Crippen molar-refractivity contribution >= 4 is 0 Å². The third-order valence-corrected chi connectivity index (χ3v) is 6.12. The maximum Gasteiger partial charge on any atom is 0.0308 e. The Bertz CT molecular complexity index is 281. The summed E-state index contributed by atoms with van der Waals surface area (Å²) in [6.45, 7) is 9.94. The fourth-order valence-electron chi connectivity index (χ4n) is 4.84. The summed E-state index contributed by atoms with van der Waals surface area (Å²) in [6, 6.07) is 0.648. The van der Waals surface area contributed by atoms with Crippen molar-refractivity contribution in [3.05, 3.63) is 0 Å². The molecular weight excluding hydrogens is 244 g/mol. The van der Waals surface area contributed by atoms with Gasteiger partial charge in [0.2, 0.25) is 0 Å². The predicted molar refractivity (Wildman–Crippen MR) is 88.1 cm³/mol. The first-order valence-corrected chi connectivity index (χ1v) is 9.02. The van der Waals surface area contributed by atoms with Crippen LogP contribution >= 0.6 is 0 Å².